The Morgan fingerprint density at radius 3 is 2.84 bits per heavy atom. The highest BCUT2D eigenvalue weighted by molar-refractivity contribution is 14.1. The van der Waals surface area contributed by atoms with E-state index in [1.54, 1.807) is 10.8 Å². The van der Waals surface area contributed by atoms with Gasteiger partial charge in [-0.1, -0.05) is 0 Å². The molecule has 1 aliphatic rings. The van der Waals surface area contributed by atoms with Gasteiger partial charge in [0.05, 0.1) is 6.61 Å². The lowest BCUT2D eigenvalue weighted by molar-refractivity contribution is -0.0509. The number of aliphatic hydroxyl groups excluding tert-OH is 3. The first-order valence-electron chi connectivity index (χ1n) is 5.87. The Bertz CT molecular complexity index is 602. The van der Waals surface area contributed by atoms with Crippen LogP contribution in [0, 0.1) is 3.57 Å². The summed E-state index contributed by atoms with van der Waals surface area (Å²) in [4.78, 5) is 4.28. The van der Waals surface area contributed by atoms with Crippen LogP contribution in [-0.2, 0) is 4.74 Å². The molecule has 4 atom stereocenters. The quantitative estimate of drug-likeness (QED) is 0.655. The lowest BCUT2D eigenvalue weighted by Gasteiger charge is -2.17. The van der Waals surface area contributed by atoms with E-state index >= 15 is 0 Å². The number of nitrogens with zero attached hydrogens (tertiary/aromatic N) is 2. The molecule has 102 valence electrons. The largest absolute Gasteiger partial charge is 0.394 e. The summed E-state index contributed by atoms with van der Waals surface area (Å²) in [5.41, 5.74) is 0.682. The molecule has 7 heteroatoms. The van der Waals surface area contributed by atoms with Crippen molar-refractivity contribution in [2.24, 2.45) is 0 Å². The molecule has 19 heavy (non-hydrogen) atoms. The third-order valence-corrected chi connectivity index (χ3v) is 4.19. The first kappa shape index (κ1) is 13.3. The number of aromatic nitrogens is 2. The maximum atomic E-state index is 10.0. The topological polar surface area (TPSA) is 87.7 Å². The van der Waals surface area contributed by atoms with Crippen molar-refractivity contribution in [3.05, 3.63) is 28.1 Å². The maximum absolute atomic E-state index is 10.0. The zero-order valence-electron chi connectivity index (χ0n) is 9.85. The van der Waals surface area contributed by atoms with Crippen molar-refractivity contribution in [1.82, 2.24) is 9.55 Å². The summed E-state index contributed by atoms with van der Waals surface area (Å²) >= 11 is 2.18. The smallest absolute Gasteiger partial charge is 0.164 e. The molecule has 0 amide bonds. The van der Waals surface area contributed by atoms with Gasteiger partial charge < -0.3 is 24.6 Å². The van der Waals surface area contributed by atoms with Crippen LogP contribution >= 0.6 is 22.6 Å². The van der Waals surface area contributed by atoms with Gasteiger partial charge in [0, 0.05) is 21.4 Å². The fourth-order valence-electron chi connectivity index (χ4n) is 2.35. The van der Waals surface area contributed by atoms with Crippen LogP contribution in [0.1, 0.15) is 6.23 Å². The van der Waals surface area contributed by atoms with Crippen LogP contribution in [0.5, 0.6) is 0 Å². The number of pyridine rings is 1. The molecule has 1 fully saturated rings. The molecule has 3 heterocycles. The first-order chi connectivity index (χ1) is 9.13. The molecule has 0 radical (unpaired) electrons. The fourth-order valence-corrected chi connectivity index (χ4v) is 3.07. The molecule has 1 aliphatic heterocycles. The van der Waals surface area contributed by atoms with E-state index in [0.717, 1.165) is 8.96 Å². The number of halogens is 1. The van der Waals surface area contributed by atoms with Gasteiger partial charge in [0.2, 0.25) is 0 Å². The fraction of sp³-hybridized carbons (Fsp3) is 0.417. The molecule has 0 spiro atoms. The summed E-state index contributed by atoms with van der Waals surface area (Å²) in [6.07, 6.45) is -0.235. The van der Waals surface area contributed by atoms with Crippen molar-refractivity contribution in [3.8, 4) is 0 Å². The molecular weight excluding hydrogens is 363 g/mol. The van der Waals surface area contributed by atoms with E-state index < -0.39 is 24.5 Å². The van der Waals surface area contributed by atoms with Crippen LogP contribution in [-0.4, -0.2) is 49.8 Å². The SMILES string of the molecule is OC[C@H]1O[C@@H](n2cc(I)c3cccnc32)[C@H](O)[C@@H]1O. The van der Waals surface area contributed by atoms with Crippen LogP contribution in [0.2, 0.25) is 0 Å². The molecule has 2 aromatic rings. The summed E-state index contributed by atoms with van der Waals surface area (Å²) in [5.74, 6) is 0. The van der Waals surface area contributed by atoms with Crippen molar-refractivity contribution < 1.29 is 20.1 Å². The van der Waals surface area contributed by atoms with Gasteiger partial charge in [-0.25, -0.2) is 4.98 Å². The molecule has 6 nitrogen and oxygen atoms in total. The Balaban J connectivity index is 2.06. The van der Waals surface area contributed by atoms with Crippen molar-refractivity contribution in [2.75, 3.05) is 6.61 Å². The van der Waals surface area contributed by atoms with Gasteiger partial charge in [0.25, 0.3) is 0 Å². The standard InChI is InChI=1S/C12H13IN2O4/c13-7-4-15(11-6(7)2-1-3-14-11)12-10(18)9(17)8(5-16)19-12/h1-4,8-10,12,16-18H,5H2/t8-,9-,10-,12-/m1/s1. The van der Waals surface area contributed by atoms with Crippen molar-refractivity contribution in [3.63, 3.8) is 0 Å². The number of ether oxygens (including phenoxy) is 1. The average Bonchev–Trinajstić information content (AvgIpc) is 2.90. The van der Waals surface area contributed by atoms with Gasteiger partial charge in [0.1, 0.15) is 24.0 Å². The van der Waals surface area contributed by atoms with Gasteiger partial charge in [-0.3, -0.25) is 0 Å². The highest BCUT2D eigenvalue weighted by Gasteiger charge is 2.43. The van der Waals surface area contributed by atoms with Gasteiger partial charge >= 0.3 is 0 Å². The number of rotatable bonds is 2. The molecule has 1 saturated heterocycles. The van der Waals surface area contributed by atoms with Gasteiger partial charge in [0.15, 0.2) is 6.23 Å². The van der Waals surface area contributed by atoms with E-state index in [2.05, 4.69) is 27.6 Å². The Hall–Kier alpha value is -0.740. The second-order valence-electron chi connectivity index (χ2n) is 4.49. The third-order valence-electron chi connectivity index (χ3n) is 3.33. The number of fused-ring (bicyclic) bond motifs is 1. The predicted molar refractivity (Wildman–Crippen MR) is 75.5 cm³/mol. The molecule has 2 aromatic heterocycles. The number of hydrogen-bond donors (Lipinski definition) is 3. The molecule has 0 unspecified atom stereocenters. The molecule has 3 rings (SSSR count). The highest BCUT2D eigenvalue weighted by Crippen LogP contribution is 2.33. The van der Waals surface area contributed by atoms with Gasteiger partial charge in [-0.05, 0) is 34.7 Å². The van der Waals surface area contributed by atoms with E-state index in [4.69, 9.17) is 9.84 Å². The lowest BCUT2D eigenvalue weighted by Crippen LogP contribution is -2.33. The molecule has 0 aliphatic carbocycles. The molecule has 0 aromatic carbocycles. The van der Waals surface area contributed by atoms with E-state index in [0.29, 0.717) is 5.65 Å². The van der Waals surface area contributed by atoms with E-state index in [-0.39, 0.29) is 6.61 Å². The summed E-state index contributed by atoms with van der Waals surface area (Å²) in [6.45, 7) is -0.335. The lowest BCUT2D eigenvalue weighted by atomic mass is 10.1. The van der Waals surface area contributed by atoms with Crippen molar-refractivity contribution in [2.45, 2.75) is 24.5 Å². The summed E-state index contributed by atoms with van der Waals surface area (Å²) in [7, 11) is 0. The highest BCUT2D eigenvalue weighted by atomic mass is 127. The zero-order chi connectivity index (χ0) is 13.6. The predicted octanol–water partition coefficient (Wildman–Crippen LogP) is 0.252. The molecule has 0 bridgehead atoms. The average molecular weight is 376 g/mol. The molecular formula is C12H13IN2O4. The minimum atomic E-state index is -1.10. The van der Waals surface area contributed by atoms with E-state index in [9.17, 15) is 10.2 Å². The summed E-state index contributed by atoms with van der Waals surface area (Å²) in [5, 5.41) is 29.9. The zero-order valence-corrected chi connectivity index (χ0v) is 12.0. The second-order valence-corrected chi connectivity index (χ2v) is 5.65. The summed E-state index contributed by atoms with van der Waals surface area (Å²) < 4.78 is 8.19. The Morgan fingerprint density at radius 2 is 2.16 bits per heavy atom. The van der Waals surface area contributed by atoms with Crippen LogP contribution in [0.15, 0.2) is 24.5 Å². The number of aliphatic hydroxyl groups is 3. The van der Waals surface area contributed by atoms with E-state index in [1.807, 2.05) is 18.3 Å². The Labute approximate surface area is 122 Å². The van der Waals surface area contributed by atoms with Crippen LogP contribution in [0.3, 0.4) is 0 Å². The van der Waals surface area contributed by atoms with Gasteiger partial charge in [-0.15, -0.1) is 0 Å². The van der Waals surface area contributed by atoms with Crippen molar-refractivity contribution >= 4 is 33.6 Å². The Morgan fingerprint density at radius 1 is 1.37 bits per heavy atom. The normalized spacial score (nSPS) is 31.2. The van der Waals surface area contributed by atoms with E-state index in [1.165, 1.54) is 0 Å². The minimum Gasteiger partial charge on any atom is -0.394 e. The maximum Gasteiger partial charge on any atom is 0.164 e. The van der Waals surface area contributed by atoms with Crippen molar-refractivity contribution in [1.29, 1.82) is 0 Å². The molecule has 0 saturated carbocycles. The van der Waals surface area contributed by atoms with Crippen LogP contribution < -0.4 is 0 Å². The summed E-state index contributed by atoms with van der Waals surface area (Å²) in [6, 6.07) is 3.77. The molecule has 3 N–H and O–H groups in total. The number of hydrogen-bond acceptors (Lipinski definition) is 5. The minimum absolute atomic E-state index is 0.335. The monoisotopic (exact) mass is 376 g/mol. The third kappa shape index (κ3) is 2.05. The Kier molecular flexibility index (Phi) is 3.48. The van der Waals surface area contributed by atoms with Crippen LogP contribution in [0.25, 0.3) is 11.0 Å². The second kappa shape index (κ2) is 4.98. The first-order valence-corrected chi connectivity index (χ1v) is 6.95. The van der Waals surface area contributed by atoms with Gasteiger partial charge in [-0.2, -0.15) is 0 Å². The van der Waals surface area contributed by atoms with Crippen LogP contribution in [0.4, 0.5) is 0 Å².